The lowest BCUT2D eigenvalue weighted by Crippen LogP contribution is -2.43. The number of carbonyl (C=O) groups excluding carboxylic acids is 1. The highest BCUT2D eigenvalue weighted by molar-refractivity contribution is 5.76. The molecule has 11 heteroatoms. The molecule has 0 atom stereocenters. The zero-order valence-electron chi connectivity index (χ0n) is 17.7. The van der Waals surface area contributed by atoms with Gasteiger partial charge in [0.05, 0.1) is 37.8 Å². The van der Waals surface area contributed by atoms with Crippen molar-refractivity contribution in [3.63, 3.8) is 0 Å². The molecule has 0 aliphatic carbocycles. The van der Waals surface area contributed by atoms with Crippen molar-refractivity contribution in [1.29, 1.82) is 15.8 Å². The van der Waals surface area contributed by atoms with Gasteiger partial charge in [-0.2, -0.15) is 15.8 Å². The third kappa shape index (κ3) is 10.4. The highest BCUT2D eigenvalue weighted by Gasteiger charge is 2.28. The predicted octanol–water partition coefficient (Wildman–Crippen LogP) is -1.96. The van der Waals surface area contributed by atoms with E-state index >= 15 is 0 Å². The molecule has 1 fully saturated rings. The average Bonchev–Trinajstić information content (AvgIpc) is 3.10. The van der Waals surface area contributed by atoms with Crippen LogP contribution < -0.4 is 16.4 Å². The van der Waals surface area contributed by atoms with Crippen molar-refractivity contribution in [2.75, 3.05) is 98.2 Å². The van der Waals surface area contributed by atoms with Gasteiger partial charge in [-0.15, -0.1) is 0 Å². The van der Waals surface area contributed by atoms with Gasteiger partial charge in [0.25, 0.3) is 0 Å². The number of amides is 2. The fraction of sp³-hybridized carbons (Fsp3) is 0.789. The monoisotopic (exact) mass is 418 g/mol. The molecule has 1 saturated heterocycles. The SMILES string of the molecule is N#CCNCCN(CC#N)CCN1CCN(CCN(CCN)CCNCC#N)C1=O. The van der Waals surface area contributed by atoms with Crippen LogP contribution in [0.25, 0.3) is 0 Å². The number of hydrogen-bond donors (Lipinski definition) is 3. The fourth-order valence-electron chi connectivity index (χ4n) is 3.22. The van der Waals surface area contributed by atoms with Crippen molar-refractivity contribution in [3.8, 4) is 18.2 Å². The van der Waals surface area contributed by atoms with Crippen molar-refractivity contribution >= 4 is 6.03 Å². The minimum Gasteiger partial charge on any atom is -0.329 e. The number of urea groups is 1. The number of rotatable bonds is 17. The van der Waals surface area contributed by atoms with E-state index in [4.69, 9.17) is 21.5 Å². The molecule has 0 aromatic carbocycles. The molecule has 1 rings (SSSR count). The van der Waals surface area contributed by atoms with Gasteiger partial charge in [-0.1, -0.05) is 0 Å². The molecular weight excluding hydrogens is 384 g/mol. The molecule has 11 nitrogen and oxygen atoms in total. The van der Waals surface area contributed by atoms with Crippen LogP contribution in [-0.4, -0.2) is 124 Å². The van der Waals surface area contributed by atoms with Crippen molar-refractivity contribution in [2.24, 2.45) is 5.73 Å². The fourth-order valence-corrected chi connectivity index (χ4v) is 3.22. The minimum absolute atomic E-state index is 0.0322. The van der Waals surface area contributed by atoms with Crippen LogP contribution in [0, 0.1) is 34.0 Å². The van der Waals surface area contributed by atoms with E-state index in [-0.39, 0.29) is 12.6 Å². The Bertz CT molecular complexity index is 608. The maximum absolute atomic E-state index is 12.7. The van der Waals surface area contributed by atoms with Gasteiger partial charge in [-0.25, -0.2) is 4.79 Å². The third-order valence-corrected chi connectivity index (χ3v) is 4.91. The summed E-state index contributed by atoms with van der Waals surface area (Å²) in [5.74, 6) is 0. The second-order valence-electron chi connectivity index (χ2n) is 6.99. The summed E-state index contributed by atoms with van der Waals surface area (Å²) in [5, 5.41) is 32.2. The molecule has 30 heavy (non-hydrogen) atoms. The number of carbonyl (C=O) groups is 1. The summed E-state index contributed by atoms with van der Waals surface area (Å²) in [4.78, 5) is 20.5. The zero-order valence-corrected chi connectivity index (χ0v) is 17.7. The van der Waals surface area contributed by atoms with E-state index in [1.54, 1.807) is 0 Å². The molecule has 1 heterocycles. The number of nitriles is 3. The van der Waals surface area contributed by atoms with Crippen molar-refractivity contribution in [2.45, 2.75) is 0 Å². The summed E-state index contributed by atoms with van der Waals surface area (Å²) in [5.41, 5.74) is 5.69. The smallest absolute Gasteiger partial charge is 0.320 e. The second kappa shape index (κ2) is 16.3. The lowest BCUT2D eigenvalue weighted by atomic mass is 10.4. The van der Waals surface area contributed by atoms with Crippen LogP contribution in [-0.2, 0) is 0 Å². The Morgan fingerprint density at radius 2 is 1.37 bits per heavy atom. The van der Waals surface area contributed by atoms with Gasteiger partial charge in [-0.3, -0.25) is 9.80 Å². The second-order valence-corrected chi connectivity index (χ2v) is 6.99. The van der Waals surface area contributed by atoms with Crippen molar-refractivity contribution in [1.82, 2.24) is 30.2 Å². The first-order valence-electron chi connectivity index (χ1n) is 10.4. The third-order valence-electron chi connectivity index (χ3n) is 4.91. The van der Waals surface area contributed by atoms with Gasteiger partial charge in [0.2, 0.25) is 0 Å². The van der Waals surface area contributed by atoms with Crippen molar-refractivity contribution < 1.29 is 4.79 Å². The van der Waals surface area contributed by atoms with Crippen molar-refractivity contribution in [3.05, 3.63) is 0 Å². The quantitative estimate of drug-likeness (QED) is 0.180. The molecule has 2 amide bonds. The van der Waals surface area contributed by atoms with Gasteiger partial charge in [0.1, 0.15) is 0 Å². The molecule has 0 unspecified atom stereocenters. The van der Waals surface area contributed by atoms with E-state index in [1.807, 2.05) is 20.8 Å². The first-order valence-corrected chi connectivity index (χ1v) is 10.4. The predicted molar refractivity (Wildman–Crippen MR) is 113 cm³/mol. The normalized spacial score (nSPS) is 13.7. The van der Waals surface area contributed by atoms with Crippen LogP contribution in [0.15, 0.2) is 0 Å². The first-order chi connectivity index (χ1) is 14.7. The van der Waals surface area contributed by atoms with Crippen LogP contribution in [0.5, 0.6) is 0 Å². The van der Waals surface area contributed by atoms with E-state index in [0.717, 1.165) is 19.6 Å². The van der Waals surface area contributed by atoms with Crippen LogP contribution in [0.4, 0.5) is 4.79 Å². The lowest BCUT2D eigenvalue weighted by molar-refractivity contribution is 0.177. The van der Waals surface area contributed by atoms with Crippen LogP contribution in [0.2, 0.25) is 0 Å². The Kier molecular flexibility index (Phi) is 13.9. The molecule has 0 spiro atoms. The van der Waals surface area contributed by atoms with Crippen LogP contribution in [0.1, 0.15) is 0 Å². The summed E-state index contributed by atoms with van der Waals surface area (Å²) >= 11 is 0. The highest BCUT2D eigenvalue weighted by Crippen LogP contribution is 2.08. The van der Waals surface area contributed by atoms with Crippen LogP contribution in [0.3, 0.4) is 0 Å². The van der Waals surface area contributed by atoms with E-state index < -0.39 is 0 Å². The van der Waals surface area contributed by atoms with Gasteiger partial charge < -0.3 is 26.2 Å². The molecule has 0 bridgehead atoms. The molecule has 1 aliphatic rings. The largest absolute Gasteiger partial charge is 0.329 e. The maximum Gasteiger partial charge on any atom is 0.320 e. The molecule has 0 radical (unpaired) electrons. The highest BCUT2D eigenvalue weighted by atomic mass is 16.2. The summed E-state index contributed by atoms with van der Waals surface area (Å²) in [6, 6.07) is 6.27. The van der Waals surface area contributed by atoms with Gasteiger partial charge in [-0.05, 0) is 0 Å². The Morgan fingerprint density at radius 3 is 1.87 bits per heavy atom. The molecule has 0 saturated carbocycles. The molecule has 0 aromatic rings. The summed E-state index contributed by atoms with van der Waals surface area (Å²) in [6.45, 7) is 9.00. The standard InChI is InChI=1S/C19H34N10O/c20-1-5-24-7-11-26(9-3-22)13-15-28-17-18-29(19(28)30)16-14-27(10-4-23)12-8-25-6-2-21/h24-25H,3,5-18,22H2. The average molecular weight is 419 g/mol. The number of hydrogen-bond acceptors (Lipinski definition) is 9. The van der Waals surface area contributed by atoms with E-state index in [9.17, 15) is 4.79 Å². The Hall–Kier alpha value is -2.46. The molecule has 1 aliphatic heterocycles. The molecule has 166 valence electrons. The van der Waals surface area contributed by atoms with Crippen LogP contribution >= 0.6 is 0 Å². The van der Waals surface area contributed by atoms with Gasteiger partial charge >= 0.3 is 6.03 Å². The van der Waals surface area contributed by atoms with Gasteiger partial charge in [0.15, 0.2) is 0 Å². The zero-order chi connectivity index (χ0) is 22.0. The molecular formula is C19H34N10O. The molecule has 0 aromatic heterocycles. The van der Waals surface area contributed by atoms with E-state index in [0.29, 0.717) is 72.0 Å². The van der Waals surface area contributed by atoms with E-state index in [1.165, 1.54) is 0 Å². The Labute approximate surface area is 179 Å². The Morgan fingerprint density at radius 1 is 0.833 bits per heavy atom. The summed E-state index contributed by atoms with van der Waals surface area (Å²) in [6.07, 6.45) is 0. The molecule has 4 N–H and O–H groups in total. The summed E-state index contributed by atoms with van der Waals surface area (Å²) < 4.78 is 0. The Balaban J connectivity index is 2.37. The first kappa shape index (κ1) is 25.6. The van der Waals surface area contributed by atoms with Gasteiger partial charge in [0, 0.05) is 78.5 Å². The maximum atomic E-state index is 12.7. The number of nitrogens with two attached hydrogens (primary N) is 1. The lowest BCUT2D eigenvalue weighted by Gasteiger charge is -2.26. The number of nitrogens with zero attached hydrogens (tertiary/aromatic N) is 7. The van der Waals surface area contributed by atoms with E-state index in [2.05, 4.69) is 27.7 Å². The summed E-state index contributed by atoms with van der Waals surface area (Å²) in [7, 11) is 0. The minimum atomic E-state index is 0.0322. The topological polar surface area (TPSA) is 151 Å². The number of nitrogens with one attached hydrogen (secondary N) is 2.